The Morgan fingerprint density at radius 2 is 1.48 bits per heavy atom. The molecule has 0 radical (unpaired) electrons. The van der Waals surface area contributed by atoms with Crippen LogP contribution < -0.4 is 5.32 Å². The molecule has 0 aliphatic heterocycles. The van der Waals surface area contributed by atoms with E-state index in [1.165, 1.54) is 57.8 Å². The fraction of sp³-hybridized carbons (Fsp3) is 0.750. The van der Waals surface area contributed by atoms with Gasteiger partial charge in [-0.25, -0.2) is 0 Å². The van der Waals surface area contributed by atoms with Gasteiger partial charge in [0.1, 0.15) is 0 Å². The maximum absolute atomic E-state index is 11.4. The second-order valence-electron chi connectivity index (χ2n) is 6.02. The molecule has 0 bridgehead atoms. The highest BCUT2D eigenvalue weighted by atomic mass is 123. The number of nitrogens with one attached hydrogen (secondary N) is 1. The predicted octanol–water partition coefficient (Wildman–Crippen LogP) is 6.35. The van der Waals surface area contributed by atoms with E-state index in [1.54, 1.807) is 0 Å². The van der Waals surface area contributed by atoms with Crippen LogP contribution in [0.2, 0.25) is 0 Å². The number of alkyl halides is 1. The number of amides is 1. The van der Waals surface area contributed by atoms with Crippen LogP contribution in [-0.4, -0.2) is 16.9 Å². The van der Waals surface area contributed by atoms with Crippen molar-refractivity contribution in [2.24, 2.45) is 0 Å². The minimum absolute atomic E-state index is 0.215. The lowest BCUT2D eigenvalue weighted by Crippen LogP contribution is -2.24. The molecule has 0 aliphatic carbocycles. The van der Waals surface area contributed by atoms with Gasteiger partial charge in [-0.2, -0.15) is 0 Å². The summed E-state index contributed by atoms with van der Waals surface area (Å²) in [6.07, 6.45) is 23.4. The van der Waals surface area contributed by atoms with Crippen LogP contribution in [0.15, 0.2) is 24.3 Å². The second kappa shape index (κ2) is 19.7. The first kappa shape index (κ1) is 22.7. The molecule has 1 N–H and O–H groups in total. The Labute approximate surface area is 157 Å². The van der Waals surface area contributed by atoms with E-state index < -0.39 is 0 Å². The van der Waals surface area contributed by atoms with Crippen molar-refractivity contribution in [1.82, 2.24) is 5.32 Å². The van der Waals surface area contributed by atoms with Crippen molar-refractivity contribution in [3.63, 3.8) is 0 Å². The Morgan fingerprint density at radius 1 is 0.870 bits per heavy atom. The Bertz CT molecular complexity index is 313. The number of unbranched alkanes of at least 4 members (excludes halogenated alkanes) is 8. The molecule has 2 nitrogen and oxygen atoms in total. The van der Waals surface area contributed by atoms with E-state index >= 15 is 0 Å². The molecular formula is C20H36INO. The summed E-state index contributed by atoms with van der Waals surface area (Å²) in [6.45, 7) is 3.05. The van der Waals surface area contributed by atoms with Crippen molar-refractivity contribution in [3.05, 3.63) is 24.3 Å². The minimum Gasteiger partial charge on any atom is -0.355 e. The van der Waals surface area contributed by atoms with Gasteiger partial charge in [0, 0.05) is 17.4 Å². The molecule has 134 valence electrons. The Kier molecular flexibility index (Phi) is 19.5. The highest BCUT2D eigenvalue weighted by molar-refractivity contribution is 14.1. The molecule has 0 aromatic carbocycles. The van der Waals surface area contributed by atoms with Crippen LogP contribution in [0.5, 0.6) is 0 Å². The summed E-state index contributed by atoms with van der Waals surface area (Å²) in [5.74, 6) is 0.215. The number of rotatable bonds is 16. The molecular weight excluding hydrogens is 393 g/mol. The largest absolute Gasteiger partial charge is 0.355 e. The van der Waals surface area contributed by atoms with Gasteiger partial charge in [-0.05, 0) is 38.5 Å². The van der Waals surface area contributed by atoms with Crippen LogP contribution in [-0.2, 0) is 4.79 Å². The normalized spacial score (nSPS) is 11.6. The zero-order valence-electron chi connectivity index (χ0n) is 15.0. The summed E-state index contributed by atoms with van der Waals surface area (Å²) >= 11 is 2.28. The molecule has 0 aromatic rings. The van der Waals surface area contributed by atoms with E-state index in [1.807, 2.05) is 0 Å². The fourth-order valence-electron chi connectivity index (χ4n) is 2.37. The van der Waals surface area contributed by atoms with E-state index in [9.17, 15) is 4.79 Å². The molecule has 0 unspecified atom stereocenters. The summed E-state index contributed by atoms with van der Waals surface area (Å²) in [4.78, 5) is 11.4. The Morgan fingerprint density at radius 3 is 2.13 bits per heavy atom. The monoisotopic (exact) mass is 429 g/mol. The summed E-state index contributed by atoms with van der Waals surface area (Å²) in [5, 5.41) is 2.92. The third-order valence-electron chi connectivity index (χ3n) is 3.77. The lowest BCUT2D eigenvalue weighted by molar-refractivity contribution is -0.121. The van der Waals surface area contributed by atoms with Crippen LogP contribution in [0, 0.1) is 0 Å². The van der Waals surface area contributed by atoms with Gasteiger partial charge in [0.05, 0.1) is 0 Å². The molecule has 3 heteroatoms. The third kappa shape index (κ3) is 19.6. The van der Waals surface area contributed by atoms with Gasteiger partial charge in [-0.3, -0.25) is 4.79 Å². The molecule has 1 amide bonds. The van der Waals surface area contributed by atoms with E-state index in [-0.39, 0.29) is 5.91 Å². The summed E-state index contributed by atoms with van der Waals surface area (Å²) in [6, 6.07) is 0. The van der Waals surface area contributed by atoms with Crippen LogP contribution in [0.1, 0.15) is 84.0 Å². The van der Waals surface area contributed by atoms with Gasteiger partial charge in [0.2, 0.25) is 5.91 Å². The van der Waals surface area contributed by atoms with Gasteiger partial charge in [-0.1, -0.05) is 85.9 Å². The van der Waals surface area contributed by atoms with Crippen molar-refractivity contribution >= 4 is 28.5 Å². The number of hydrogen-bond acceptors (Lipinski definition) is 1. The SMILES string of the molecule is CCCCC/C=C\C/C=C\CCCCCCCC(=O)NCC[123I]. The highest BCUT2D eigenvalue weighted by Gasteiger charge is 1.99. The first-order valence-corrected chi connectivity index (χ1v) is 11.0. The third-order valence-corrected chi connectivity index (χ3v) is 4.31. The van der Waals surface area contributed by atoms with Crippen LogP contribution >= 0.6 is 22.6 Å². The van der Waals surface area contributed by atoms with Gasteiger partial charge in [-0.15, -0.1) is 0 Å². The van der Waals surface area contributed by atoms with E-state index in [0.717, 1.165) is 23.8 Å². The Balaban J connectivity index is 3.23. The van der Waals surface area contributed by atoms with Crippen molar-refractivity contribution in [2.45, 2.75) is 84.0 Å². The zero-order valence-corrected chi connectivity index (χ0v) is 17.2. The molecule has 0 aromatic heterocycles. The standard InChI is InChI=1S/C20H36INO/c1-2-3-4-5-6-7-8-9-10-11-12-13-14-15-16-17-20(23)22-19-18-21/h6-7,9-10H,2-5,8,11-19H2,1H3,(H,22,23)/b7-6-,10-9-/i21-4. The first-order valence-electron chi connectivity index (χ1n) is 9.44. The molecule has 0 aliphatic rings. The molecule has 0 spiro atoms. The summed E-state index contributed by atoms with van der Waals surface area (Å²) < 4.78 is 0.992. The number of hydrogen-bond donors (Lipinski definition) is 1. The van der Waals surface area contributed by atoms with Crippen molar-refractivity contribution in [2.75, 3.05) is 11.0 Å². The number of allylic oxidation sites excluding steroid dienone is 4. The molecule has 0 fully saturated rings. The molecule has 0 heterocycles. The highest BCUT2D eigenvalue weighted by Crippen LogP contribution is 2.08. The number of carbonyl (C=O) groups is 1. The molecule has 0 atom stereocenters. The van der Waals surface area contributed by atoms with Crippen molar-refractivity contribution < 1.29 is 4.79 Å². The first-order chi connectivity index (χ1) is 11.3. The average molecular weight is 429 g/mol. The second-order valence-corrected chi connectivity index (χ2v) is 7.10. The summed E-state index contributed by atoms with van der Waals surface area (Å²) in [5.41, 5.74) is 0. The topological polar surface area (TPSA) is 29.1 Å². The van der Waals surface area contributed by atoms with Crippen LogP contribution in [0.4, 0.5) is 0 Å². The number of halogens is 1. The zero-order chi connectivity index (χ0) is 17.0. The van der Waals surface area contributed by atoms with E-state index in [2.05, 4.69) is 59.1 Å². The lowest BCUT2D eigenvalue weighted by Gasteiger charge is -2.02. The quantitative estimate of drug-likeness (QED) is 0.132. The maximum Gasteiger partial charge on any atom is 0.220 e. The number of carbonyl (C=O) groups excluding carboxylic acids is 1. The Hall–Kier alpha value is -0.320. The predicted molar refractivity (Wildman–Crippen MR) is 111 cm³/mol. The minimum atomic E-state index is 0.215. The molecule has 0 saturated carbocycles. The maximum atomic E-state index is 11.4. The van der Waals surface area contributed by atoms with Gasteiger partial charge < -0.3 is 5.32 Å². The van der Waals surface area contributed by atoms with Crippen molar-refractivity contribution in [3.8, 4) is 0 Å². The molecule has 0 rings (SSSR count). The average Bonchev–Trinajstić information content (AvgIpc) is 2.56. The fourth-order valence-corrected chi connectivity index (χ4v) is 2.64. The lowest BCUT2D eigenvalue weighted by atomic mass is 10.1. The van der Waals surface area contributed by atoms with E-state index in [4.69, 9.17) is 0 Å². The summed E-state index contributed by atoms with van der Waals surface area (Å²) in [7, 11) is 0. The van der Waals surface area contributed by atoms with Gasteiger partial charge >= 0.3 is 0 Å². The van der Waals surface area contributed by atoms with Crippen LogP contribution in [0.3, 0.4) is 0 Å². The van der Waals surface area contributed by atoms with Gasteiger partial charge in [0.15, 0.2) is 0 Å². The van der Waals surface area contributed by atoms with Crippen molar-refractivity contribution in [1.29, 1.82) is 0 Å². The van der Waals surface area contributed by atoms with Gasteiger partial charge in [0.25, 0.3) is 0 Å². The smallest absolute Gasteiger partial charge is 0.220 e. The van der Waals surface area contributed by atoms with E-state index in [0.29, 0.717) is 6.42 Å². The molecule has 23 heavy (non-hydrogen) atoms. The van der Waals surface area contributed by atoms with Crippen LogP contribution in [0.25, 0.3) is 0 Å². The molecule has 0 saturated heterocycles.